The van der Waals surface area contributed by atoms with E-state index in [1.165, 1.54) is 114 Å². The van der Waals surface area contributed by atoms with Crippen LogP contribution in [0.25, 0.3) is 91.4 Å². The van der Waals surface area contributed by atoms with Gasteiger partial charge in [0.05, 0.1) is 0 Å². The summed E-state index contributed by atoms with van der Waals surface area (Å²) in [5, 5.41) is 10.7. The van der Waals surface area contributed by atoms with E-state index in [-0.39, 0.29) is 5.41 Å². The van der Waals surface area contributed by atoms with Crippen LogP contribution in [0.15, 0.2) is 182 Å². The molecule has 0 fully saturated rings. The molecule has 0 amide bonds. The third-order valence-corrected chi connectivity index (χ3v) is 14.1. The van der Waals surface area contributed by atoms with Crippen molar-refractivity contribution in [2.75, 3.05) is 0 Å². The van der Waals surface area contributed by atoms with Gasteiger partial charge in [-0.3, -0.25) is 0 Å². The average molecular weight is 731 g/mol. The minimum absolute atomic E-state index is 0.0956. The predicted octanol–water partition coefficient (Wildman–Crippen LogP) is 15.6. The van der Waals surface area contributed by atoms with Crippen LogP contribution in [0.4, 0.5) is 0 Å². The molecule has 1 heterocycles. The highest BCUT2D eigenvalue weighted by molar-refractivity contribution is 7.25. The summed E-state index contributed by atoms with van der Waals surface area (Å²) in [7, 11) is 0. The summed E-state index contributed by atoms with van der Waals surface area (Å²) in [6, 6.07) is 53.0. The Hall–Kier alpha value is -6.28. The molecule has 12 rings (SSSR count). The Kier molecular flexibility index (Phi) is 6.78. The third-order valence-electron chi connectivity index (χ3n) is 13.0. The molecule has 3 aliphatic carbocycles. The molecule has 9 aromatic rings. The summed E-state index contributed by atoms with van der Waals surface area (Å²) in [6.07, 6.45) is 14.7. The summed E-state index contributed by atoms with van der Waals surface area (Å²) in [5.41, 5.74) is 14.7. The van der Waals surface area contributed by atoms with Crippen LogP contribution in [-0.4, -0.2) is 0 Å². The molecule has 3 aliphatic rings. The molecule has 0 bridgehead atoms. The molecule has 1 heteroatoms. The van der Waals surface area contributed by atoms with Crippen LogP contribution in [0.5, 0.6) is 0 Å². The van der Waals surface area contributed by atoms with Gasteiger partial charge in [0.2, 0.25) is 0 Å². The van der Waals surface area contributed by atoms with E-state index in [0.717, 1.165) is 6.42 Å². The molecule has 0 N–H and O–H groups in total. The first-order chi connectivity index (χ1) is 27.5. The Labute approximate surface area is 331 Å². The fraction of sp³-hybridized carbons (Fsp3) is 0.0909. The van der Waals surface area contributed by atoms with Crippen molar-refractivity contribution in [1.82, 2.24) is 0 Å². The fourth-order valence-corrected chi connectivity index (χ4v) is 11.5. The lowest BCUT2D eigenvalue weighted by atomic mass is 9.78. The number of rotatable bonds is 3. The summed E-state index contributed by atoms with van der Waals surface area (Å²) < 4.78 is 2.72. The standard InChI is InChI=1S/C55H38S/c1-55(2)49-28-26-37(30-47(49)45-27-25-38-31-48-40-13-9-10-18-50(40)56-51(48)32-46(38)54(45)55)34-19-22-35(23-20-34)52-41-14-5-7-16-43(41)53(44-17-8-6-15-42(44)52)39-24-21-33-11-3-4-12-36(33)29-39/h3-28,30-32,36H,29H2,1-2H3. The van der Waals surface area contributed by atoms with Crippen molar-refractivity contribution < 1.29 is 0 Å². The van der Waals surface area contributed by atoms with Crippen LogP contribution in [0, 0.1) is 5.92 Å². The Bertz CT molecular complexity index is 3230. The zero-order chi connectivity index (χ0) is 37.1. The van der Waals surface area contributed by atoms with Crippen LogP contribution >= 0.6 is 11.3 Å². The lowest BCUT2D eigenvalue weighted by Gasteiger charge is -2.25. The number of thiophene rings is 1. The van der Waals surface area contributed by atoms with Gasteiger partial charge in [0.1, 0.15) is 0 Å². The molecule has 8 aromatic carbocycles. The van der Waals surface area contributed by atoms with E-state index in [0.29, 0.717) is 5.92 Å². The number of fused-ring (bicyclic) bond motifs is 11. The van der Waals surface area contributed by atoms with E-state index in [9.17, 15) is 0 Å². The van der Waals surface area contributed by atoms with Crippen molar-refractivity contribution in [2.24, 2.45) is 5.92 Å². The highest BCUT2D eigenvalue weighted by Gasteiger charge is 2.37. The largest absolute Gasteiger partial charge is 0.135 e. The van der Waals surface area contributed by atoms with E-state index in [4.69, 9.17) is 0 Å². The second-order valence-electron chi connectivity index (χ2n) is 16.4. The van der Waals surface area contributed by atoms with E-state index >= 15 is 0 Å². The Morgan fingerprint density at radius 1 is 0.518 bits per heavy atom. The third kappa shape index (κ3) is 4.59. The minimum atomic E-state index is -0.0956. The van der Waals surface area contributed by atoms with Gasteiger partial charge in [-0.2, -0.15) is 0 Å². The van der Waals surface area contributed by atoms with E-state index in [1.807, 2.05) is 11.3 Å². The lowest BCUT2D eigenvalue weighted by molar-refractivity contribution is 0.666. The fourth-order valence-electron chi connectivity index (χ4n) is 10.3. The van der Waals surface area contributed by atoms with Crippen molar-refractivity contribution in [1.29, 1.82) is 0 Å². The molecule has 264 valence electrons. The van der Waals surface area contributed by atoms with Gasteiger partial charge in [-0.15, -0.1) is 11.3 Å². The minimum Gasteiger partial charge on any atom is -0.135 e. The van der Waals surface area contributed by atoms with E-state index in [1.54, 1.807) is 0 Å². The summed E-state index contributed by atoms with van der Waals surface area (Å²) in [5.74, 6) is 0.432. The quantitative estimate of drug-likeness (QED) is 0.159. The van der Waals surface area contributed by atoms with Gasteiger partial charge < -0.3 is 0 Å². The van der Waals surface area contributed by atoms with Crippen molar-refractivity contribution in [3.05, 3.63) is 198 Å². The van der Waals surface area contributed by atoms with Crippen molar-refractivity contribution >= 4 is 69.4 Å². The molecular weight excluding hydrogens is 693 g/mol. The first kappa shape index (κ1) is 32.0. The lowest BCUT2D eigenvalue weighted by Crippen LogP contribution is -2.15. The first-order valence-electron chi connectivity index (χ1n) is 19.8. The molecule has 1 unspecified atom stereocenters. The molecular formula is C55H38S. The average Bonchev–Trinajstić information content (AvgIpc) is 3.72. The van der Waals surface area contributed by atoms with Crippen LogP contribution in [0.1, 0.15) is 37.0 Å². The van der Waals surface area contributed by atoms with Gasteiger partial charge in [-0.05, 0) is 124 Å². The predicted molar refractivity (Wildman–Crippen MR) is 243 cm³/mol. The zero-order valence-electron chi connectivity index (χ0n) is 31.4. The molecule has 1 aromatic heterocycles. The van der Waals surface area contributed by atoms with Crippen LogP contribution < -0.4 is 0 Å². The molecule has 0 saturated heterocycles. The van der Waals surface area contributed by atoms with Gasteiger partial charge in [0.15, 0.2) is 0 Å². The molecule has 0 spiro atoms. The molecule has 0 radical (unpaired) electrons. The maximum absolute atomic E-state index is 2.46. The van der Waals surface area contributed by atoms with Gasteiger partial charge in [0.25, 0.3) is 0 Å². The topological polar surface area (TPSA) is 0 Å². The molecule has 1 atom stereocenters. The van der Waals surface area contributed by atoms with Crippen molar-refractivity contribution in [3.63, 3.8) is 0 Å². The summed E-state index contributed by atoms with van der Waals surface area (Å²) in [4.78, 5) is 0. The molecule has 56 heavy (non-hydrogen) atoms. The highest BCUT2D eigenvalue weighted by Crippen LogP contribution is 2.53. The maximum Gasteiger partial charge on any atom is 0.0361 e. The molecule has 0 saturated carbocycles. The molecule has 0 nitrogen and oxygen atoms in total. The van der Waals surface area contributed by atoms with Gasteiger partial charge in [0, 0.05) is 31.5 Å². The number of hydrogen-bond acceptors (Lipinski definition) is 1. The second kappa shape index (κ2) is 11.9. The van der Waals surface area contributed by atoms with Gasteiger partial charge in [-0.25, -0.2) is 0 Å². The number of allylic oxidation sites excluding steroid dienone is 8. The SMILES string of the molecule is CC1(C)c2ccc(-c3ccc(-c4c5ccccc5c(C5=CC=C6C=CC=CC6C5)c5ccccc45)cc3)cc2-c2ccc3cc4c(cc3c21)sc1ccccc14. The Balaban J connectivity index is 0.962. The first-order valence-corrected chi connectivity index (χ1v) is 20.7. The molecule has 0 aliphatic heterocycles. The van der Waals surface area contributed by atoms with Crippen LogP contribution in [-0.2, 0) is 5.41 Å². The normalized spacial score (nSPS) is 16.7. The van der Waals surface area contributed by atoms with Gasteiger partial charge >= 0.3 is 0 Å². The monoisotopic (exact) mass is 730 g/mol. The van der Waals surface area contributed by atoms with E-state index in [2.05, 4.69) is 190 Å². The van der Waals surface area contributed by atoms with Crippen LogP contribution in [0.2, 0.25) is 0 Å². The maximum atomic E-state index is 2.46. The van der Waals surface area contributed by atoms with Crippen molar-refractivity contribution in [2.45, 2.75) is 25.7 Å². The van der Waals surface area contributed by atoms with Crippen LogP contribution in [0.3, 0.4) is 0 Å². The zero-order valence-corrected chi connectivity index (χ0v) is 32.3. The highest BCUT2D eigenvalue weighted by atomic mass is 32.1. The number of benzene rings is 8. The second-order valence-corrected chi connectivity index (χ2v) is 17.5. The summed E-state index contributed by atoms with van der Waals surface area (Å²) >= 11 is 1.91. The Morgan fingerprint density at radius 3 is 1.96 bits per heavy atom. The van der Waals surface area contributed by atoms with Gasteiger partial charge in [-0.1, -0.05) is 166 Å². The van der Waals surface area contributed by atoms with Crippen molar-refractivity contribution in [3.8, 4) is 33.4 Å². The summed E-state index contributed by atoms with van der Waals surface area (Å²) in [6.45, 7) is 4.81. The Morgan fingerprint density at radius 2 is 1.20 bits per heavy atom. The number of hydrogen-bond donors (Lipinski definition) is 0. The van der Waals surface area contributed by atoms with E-state index < -0.39 is 0 Å². The smallest absolute Gasteiger partial charge is 0.0361 e.